The second-order valence-electron chi connectivity index (χ2n) is 5.11. The molecule has 4 nitrogen and oxygen atoms in total. The number of hydrogen-bond donors (Lipinski definition) is 1. The van der Waals surface area contributed by atoms with Crippen molar-refractivity contribution >= 4 is 11.8 Å². The summed E-state index contributed by atoms with van der Waals surface area (Å²) < 4.78 is 0. The minimum Gasteiger partial charge on any atom is -0.355 e. The third kappa shape index (κ3) is 3.45. The molecule has 17 heavy (non-hydrogen) atoms. The third-order valence-electron chi connectivity index (χ3n) is 3.82. The Balaban J connectivity index is 1.61. The van der Waals surface area contributed by atoms with Crippen molar-refractivity contribution in [2.24, 2.45) is 5.92 Å². The van der Waals surface area contributed by atoms with E-state index in [1.54, 1.807) is 0 Å². The molecule has 4 heteroatoms. The van der Waals surface area contributed by atoms with Gasteiger partial charge in [-0.3, -0.25) is 9.59 Å². The predicted octanol–water partition coefficient (Wildman–Crippen LogP) is 1.31. The van der Waals surface area contributed by atoms with Gasteiger partial charge in [0.25, 0.3) is 0 Å². The zero-order chi connectivity index (χ0) is 12.1. The fourth-order valence-electron chi connectivity index (χ4n) is 2.75. The van der Waals surface area contributed by atoms with Crippen molar-refractivity contribution in [2.45, 2.75) is 44.9 Å². The standard InChI is InChI=1S/C13H22N2O2/c16-12(15-9-3-4-10-15)7-8-14-13(17)11-5-1-2-6-11/h11H,1-10H2,(H,14,17). The highest BCUT2D eigenvalue weighted by Gasteiger charge is 2.23. The van der Waals surface area contributed by atoms with Crippen LogP contribution in [0.25, 0.3) is 0 Å². The number of nitrogens with zero attached hydrogens (tertiary/aromatic N) is 1. The van der Waals surface area contributed by atoms with Crippen molar-refractivity contribution in [2.75, 3.05) is 19.6 Å². The molecule has 0 unspecified atom stereocenters. The summed E-state index contributed by atoms with van der Waals surface area (Å²) in [4.78, 5) is 25.3. The molecule has 0 spiro atoms. The van der Waals surface area contributed by atoms with E-state index in [2.05, 4.69) is 5.32 Å². The van der Waals surface area contributed by atoms with Crippen LogP contribution >= 0.6 is 0 Å². The summed E-state index contributed by atoms with van der Waals surface area (Å²) in [5.41, 5.74) is 0. The van der Waals surface area contributed by atoms with E-state index >= 15 is 0 Å². The summed E-state index contributed by atoms with van der Waals surface area (Å²) in [5, 5.41) is 2.89. The number of hydrogen-bond acceptors (Lipinski definition) is 2. The largest absolute Gasteiger partial charge is 0.355 e. The van der Waals surface area contributed by atoms with Crippen molar-refractivity contribution in [3.63, 3.8) is 0 Å². The summed E-state index contributed by atoms with van der Waals surface area (Å²) in [5.74, 6) is 0.544. The van der Waals surface area contributed by atoms with Gasteiger partial charge in [-0.15, -0.1) is 0 Å². The van der Waals surface area contributed by atoms with Crippen LogP contribution in [0, 0.1) is 5.92 Å². The fraction of sp³-hybridized carbons (Fsp3) is 0.846. The lowest BCUT2D eigenvalue weighted by Gasteiger charge is -2.16. The number of nitrogens with one attached hydrogen (secondary N) is 1. The first-order valence-corrected chi connectivity index (χ1v) is 6.83. The molecule has 0 aromatic carbocycles. The van der Waals surface area contributed by atoms with Crippen LogP contribution in [-0.4, -0.2) is 36.3 Å². The van der Waals surface area contributed by atoms with Gasteiger partial charge in [0.2, 0.25) is 11.8 Å². The molecule has 2 rings (SSSR count). The zero-order valence-corrected chi connectivity index (χ0v) is 10.4. The van der Waals surface area contributed by atoms with E-state index in [9.17, 15) is 9.59 Å². The lowest BCUT2D eigenvalue weighted by Crippen LogP contribution is -2.34. The molecule has 0 bridgehead atoms. The van der Waals surface area contributed by atoms with Gasteiger partial charge >= 0.3 is 0 Å². The molecule has 0 radical (unpaired) electrons. The fourth-order valence-corrected chi connectivity index (χ4v) is 2.75. The first kappa shape index (κ1) is 12.4. The Bertz CT molecular complexity index is 251. The van der Waals surface area contributed by atoms with E-state index in [0.717, 1.165) is 38.8 Å². The summed E-state index contributed by atoms with van der Waals surface area (Å²) in [7, 11) is 0. The second kappa shape index (κ2) is 6.03. The number of rotatable bonds is 4. The van der Waals surface area contributed by atoms with Crippen LogP contribution < -0.4 is 5.32 Å². The number of likely N-dealkylation sites (tertiary alicyclic amines) is 1. The van der Waals surface area contributed by atoms with E-state index in [1.165, 1.54) is 12.8 Å². The Morgan fingerprint density at radius 2 is 1.71 bits per heavy atom. The molecule has 1 aliphatic carbocycles. The van der Waals surface area contributed by atoms with Crippen molar-refractivity contribution in [3.8, 4) is 0 Å². The maximum absolute atomic E-state index is 11.7. The van der Waals surface area contributed by atoms with Crippen LogP contribution in [-0.2, 0) is 9.59 Å². The van der Waals surface area contributed by atoms with Gasteiger partial charge in [-0.05, 0) is 25.7 Å². The quantitative estimate of drug-likeness (QED) is 0.802. The Hall–Kier alpha value is -1.06. The zero-order valence-electron chi connectivity index (χ0n) is 10.4. The Morgan fingerprint density at radius 1 is 1.06 bits per heavy atom. The molecule has 0 atom stereocenters. The molecule has 1 aliphatic heterocycles. The normalized spacial score (nSPS) is 20.8. The number of carbonyl (C=O) groups is 2. The highest BCUT2D eigenvalue weighted by molar-refractivity contribution is 5.80. The summed E-state index contributed by atoms with van der Waals surface area (Å²) in [6.45, 7) is 2.30. The van der Waals surface area contributed by atoms with Crippen LogP contribution in [0.15, 0.2) is 0 Å². The molecule has 96 valence electrons. The number of carbonyl (C=O) groups excluding carboxylic acids is 2. The first-order chi connectivity index (χ1) is 8.27. The van der Waals surface area contributed by atoms with Gasteiger partial charge in [-0.1, -0.05) is 12.8 Å². The van der Waals surface area contributed by atoms with Gasteiger partial charge in [-0.2, -0.15) is 0 Å². The summed E-state index contributed by atoms with van der Waals surface area (Å²) >= 11 is 0. The lowest BCUT2D eigenvalue weighted by molar-refractivity contribution is -0.130. The minimum atomic E-state index is 0.150. The van der Waals surface area contributed by atoms with Crippen LogP contribution in [0.2, 0.25) is 0 Å². The monoisotopic (exact) mass is 238 g/mol. The van der Waals surface area contributed by atoms with Crippen LogP contribution in [0.5, 0.6) is 0 Å². The van der Waals surface area contributed by atoms with E-state index in [4.69, 9.17) is 0 Å². The molecule has 0 aromatic rings. The number of amides is 2. The molecule has 1 heterocycles. The van der Waals surface area contributed by atoms with Gasteiger partial charge < -0.3 is 10.2 Å². The predicted molar refractivity (Wildman–Crippen MR) is 65.4 cm³/mol. The van der Waals surface area contributed by atoms with Crippen molar-refractivity contribution in [3.05, 3.63) is 0 Å². The topological polar surface area (TPSA) is 49.4 Å². The van der Waals surface area contributed by atoms with Gasteiger partial charge in [-0.25, -0.2) is 0 Å². The molecule has 2 fully saturated rings. The van der Waals surface area contributed by atoms with Crippen molar-refractivity contribution in [1.29, 1.82) is 0 Å². The average Bonchev–Trinajstić information content (AvgIpc) is 3.02. The Morgan fingerprint density at radius 3 is 2.35 bits per heavy atom. The Kier molecular flexibility index (Phi) is 4.40. The molecule has 2 aliphatic rings. The third-order valence-corrected chi connectivity index (χ3v) is 3.82. The van der Waals surface area contributed by atoms with E-state index in [-0.39, 0.29) is 17.7 Å². The maximum atomic E-state index is 11.7. The molecule has 1 saturated heterocycles. The molecule has 2 amide bonds. The van der Waals surface area contributed by atoms with E-state index in [1.807, 2.05) is 4.90 Å². The lowest BCUT2D eigenvalue weighted by atomic mass is 10.1. The average molecular weight is 238 g/mol. The maximum Gasteiger partial charge on any atom is 0.224 e. The second-order valence-corrected chi connectivity index (χ2v) is 5.11. The van der Waals surface area contributed by atoms with Crippen molar-refractivity contribution < 1.29 is 9.59 Å². The van der Waals surface area contributed by atoms with Crippen molar-refractivity contribution in [1.82, 2.24) is 10.2 Å². The van der Waals surface area contributed by atoms with Gasteiger partial charge in [0.05, 0.1) is 0 Å². The Labute approximate surface area is 103 Å². The summed E-state index contributed by atoms with van der Waals surface area (Å²) in [6.07, 6.45) is 7.09. The van der Waals surface area contributed by atoms with Crippen LogP contribution in [0.3, 0.4) is 0 Å². The van der Waals surface area contributed by atoms with E-state index in [0.29, 0.717) is 13.0 Å². The highest BCUT2D eigenvalue weighted by Crippen LogP contribution is 2.24. The molecule has 0 aromatic heterocycles. The van der Waals surface area contributed by atoms with Gasteiger partial charge in [0, 0.05) is 32.0 Å². The molecule has 1 saturated carbocycles. The molecule has 1 N–H and O–H groups in total. The summed E-state index contributed by atoms with van der Waals surface area (Å²) in [6, 6.07) is 0. The SMILES string of the molecule is O=C(NCCC(=O)N1CCCC1)C1CCCC1. The molecular weight excluding hydrogens is 216 g/mol. The minimum absolute atomic E-state index is 0.150. The van der Waals surface area contributed by atoms with E-state index < -0.39 is 0 Å². The van der Waals surface area contributed by atoms with Crippen LogP contribution in [0.4, 0.5) is 0 Å². The highest BCUT2D eigenvalue weighted by atomic mass is 16.2. The van der Waals surface area contributed by atoms with Gasteiger partial charge in [0.15, 0.2) is 0 Å². The first-order valence-electron chi connectivity index (χ1n) is 6.83. The van der Waals surface area contributed by atoms with Gasteiger partial charge in [0.1, 0.15) is 0 Å². The smallest absolute Gasteiger partial charge is 0.224 e. The van der Waals surface area contributed by atoms with Crippen LogP contribution in [0.1, 0.15) is 44.9 Å². The molecular formula is C13H22N2O2.